The molecule has 1 fully saturated rings. The van der Waals surface area contributed by atoms with Crippen LogP contribution in [-0.4, -0.2) is 16.0 Å². The molecule has 0 saturated heterocycles. The smallest absolute Gasteiger partial charge is 0.131 e. The molecule has 106 valence electrons. The normalized spacial score (nSPS) is 16.4. The molecule has 1 aromatic carbocycles. The van der Waals surface area contributed by atoms with E-state index >= 15 is 0 Å². The van der Waals surface area contributed by atoms with Gasteiger partial charge in [0.1, 0.15) is 5.75 Å². The fourth-order valence-electron chi connectivity index (χ4n) is 2.96. The fraction of sp³-hybridized carbons (Fsp3) is 0.438. The standard InChI is InChI=1S/C16H20N2O2/c1-11-10-13(17)16-14(18(11)19)8-5-9-15(16)20-12-6-3-2-4-7-12/h5,8-10,12,17,19H,2-4,6-7H2,1H3. The monoisotopic (exact) mass is 272 g/mol. The first-order valence-electron chi connectivity index (χ1n) is 7.22. The zero-order valence-electron chi connectivity index (χ0n) is 11.7. The molecule has 1 aliphatic carbocycles. The number of fused-ring (bicyclic) bond motifs is 1. The molecule has 1 heterocycles. The summed E-state index contributed by atoms with van der Waals surface area (Å²) in [5.41, 5.74) is 1.28. The van der Waals surface area contributed by atoms with Crippen LogP contribution in [0.15, 0.2) is 24.3 Å². The minimum Gasteiger partial charge on any atom is -0.490 e. The highest BCUT2D eigenvalue weighted by Gasteiger charge is 2.17. The molecule has 1 aromatic heterocycles. The van der Waals surface area contributed by atoms with E-state index in [1.165, 1.54) is 19.3 Å². The summed E-state index contributed by atoms with van der Waals surface area (Å²) in [6, 6.07) is 7.24. The number of hydrogen-bond acceptors (Lipinski definition) is 3. The van der Waals surface area contributed by atoms with E-state index in [0.29, 0.717) is 27.7 Å². The Bertz CT molecular complexity index is 685. The Morgan fingerprint density at radius 3 is 2.75 bits per heavy atom. The fourth-order valence-corrected chi connectivity index (χ4v) is 2.96. The lowest BCUT2D eigenvalue weighted by Crippen LogP contribution is -2.21. The highest BCUT2D eigenvalue weighted by atomic mass is 16.5. The minimum atomic E-state index is 0.238. The molecule has 4 nitrogen and oxygen atoms in total. The van der Waals surface area contributed by atoms with Gasteiger partial charge in [0, 0.05) is 0 Å². The van der Waals surface area contributed by atoms with Gasteiger partial charge in [-0.15, -0.1) is 0 Å². The molecule has 0 spiro atoms. The van der Waals surface area contributed by atoms with Crippen LogP contribution in [0.5, 0.6) is 5.75 Å². The Kier molecular flexibility index (Phi) is 3.38. The van der Waals surface area contributed by atoms with E-state index in [9.17, 15) is 5.21 Å². The van der Waals surface area contributed by atoms with Gasteiger partial charge in [0.2, 0.25) is 0 Å². The van der Waals surface area contributed by atoms with Crippen LogP contribution in [0.3, 0.4) is 0 Å². The first-order chi connectivity index (χ1) is 9.66. The number of hydrogen-bond donors (Lipinski definition) is 2. The lowest BCUT2D eigenvalue weighted by Gasteiger charge is -2.24. The average molecular weight is 272 g/mol. The van der Waals surface area contributed by atoms with Gasteiger partial charge in [0.15, 0.2) is 0 Å². The van der Waals surface area contributed by atoms with Gasteiger partial charge in [-0.2, -0.15) is 4.73 Å². The number of nitrogens with one attached hydrogen (secondary N) is 1. The molecule has 1 saturated carbocycles. The number of benzene rings is 1. The average Bonchev–Trinajstić information content (AvgIpc) is 2.46. The van der Waals surface area contributed by atoms with Crippen molar-refractivity contribution in [3.05, 3.63) is 35.3 Å². The van der Waals surface area contributed by atoms with Crippen LogP contribution in [0.1, 0.15) is 37.8 Å². The van der Waals surface area contributed by atoms with Crippen LogP contribution in [-0.2, 0) is 0 Å². The van der Waals surface area contributed by atoms with Crippen molar-refractivity contribution in [3.63, 3.8) is 0 Å². The molecular weight excluding hydrogens is 252 g/mol. The van der Waals surface area contributed by atoms with E-state index < -0.39 is 0 Å². The zero-order valence-corrected chi connectivity index (χ0v) is 11.7. The number of aromatic nitrogens is 1. The number of aryl methyl sites for hydroxylation is 1. The maximum absolute atomic E-state index is 10.1. The van der Waals surface area contributed by atoms with Crippen LogP contribution in [0, 0.1) is 12.3 Å². The first kappa shape index (κ1) is 13.0. The van der Waals surface area contributed by atoms with Crippen molar-refractivity contribution in [2.75, 3.05) is 0 Å². The molecule has 2 N–H and O–H groups in total. The maximum Gasteiger partial charge on any atom is 0.131 e. The van der Waals surface area contributed by atoms with Crippen molar-refractivity contribution in [1.29, 1.82) is 5.41 Å². The number of rotatable bonds is 2. The minimum absolute atomic E-state index is 0.238. The summed E-state index contributed by atoms with van der Waals surface area (Å²) in [4.78, 5) is 0. The quantitative estimate of drug-likeness (QED) is 0.823. The van der Waals surface area contributed by atoms with E-state index in [1.54, 1.807) is 13.0 Å². The Morgan fingerprint density at radius 2 is 2.00 bits per heavy atom. The molecule has 0 amide bonds. The van der Waals surface area contributed by atoms with Crippen molar-refractivity contribution in [1.82, 2.24) is 4.73 Å². The van der Waals surface area contributed by atoms with Gasteiger partial charge in [0.25, 0.3) is 0 Å². The third-order valence-corrected chi connectivity index (χ3v) is 4.03. The summed E-state index contributed by atoms with van der Waals surface area (Å²) in [7, 11) is 0. The predicted octanol–water partition coefficient (Wildman–Crippen LogP) is 3.38. The zero-order chi connectivity index (χ0) is 14.1. The van der Waals surface area contributed by atoms with Gasteiger partial charge in [-0.3, -0.25) is 5.41 Å². The topological polar surface area (TPSA) is 58.2 Å². The summed E-state index contributed by atoms with van der Waals surface area (Å²) in [6.07, 6.45) is 6.10. The van der Waals surface area contributed by atoms with Gasteiger partial charge in [-0.25, -0.2) is 0 Å². The third-order valence-electron chi connectivity index (χ3n) is 4.03. The molecule has 2 aromatic rings. The molecule has 20 heavy (non-hydrogen) atoms. The number of ether oxygens (including phenoxy) is 1. The number of nitrogens with zero attached hydrogens (tertiary/aromatic N) is 1. The van der Waals surface area contributed by atoms with Crippen molar-refractivity contribution in [2.24, 2.45) is 0 Å². The van der Waals surface area contributed by atoms with Crippen LogP contribution >= 0.6 is 0 Å². The van der Waals surface area contributed by atoms with Gasteiger partial charge >= 0.3 is 0 Å². The number of pyridine rings is 1. The summed E-state index contributed by atoms with van der Waals surface area (Å²) in [6.45, 7) is 1.78. The summed E-state index contributed by atoms with van der Waals surface area (Å²) < 4.78 is 7.23. The van der Waals surface area contributed by atoms with E-state index in [0.717, 1.165) is 17.6 Å². The highest BCUT2D eigenvalue weighted by molar-refractivity contribution is 5.85. The molecule has 3 rings (SSSR count). The van der Waals surface area contributed by atoms with Crippen molar-refractivity contribution >= 4 is 10.9 Å². The second-order valence-corrected chi connectivity index (χ2v) is 5.54. The molecule has 4 heteroatoms. The van der Waals surface area contributed by atoms with Gasteiger partial charge in [-0.05, 0) is 50.8 Å². The van der Waals surface area contributed by atoms with E-state index in [1.807, 2.05) is 18.2 Å². The molecular formula is C16H20N2O2. The van der Waals surface area contributed by atoms with Crippen molar-refractivity contribution in [2.45, 2.75) is 45.1 Å². The second-order valence-electron chi connectivity index (χ2n) is 5.54. The molecule has 0 aliphatic heterocycles. The van der Waals surface area contributed by atoms with Crippen LogP contribution < -0.4 is 10.1 Å². The molecule has 0 bridgehead atoms. The van der Waals surface area contributed by atoms with Gasteiger partial charge < -0.3 is 9.94 Å². The van der Waals surface area contributed by atoms with E-state index in [2.05, 4.69) is 0 Å². The maximum atomic E-state index is 10.1. The lowest BCUT2D eigenvalue weighted by atomic mass is 9.97. The largest absolute Gasteiger partial charge is 0.490 e. The Labute approximate surface area is 118 Å². The summed E-state index contributed by atoms with van der Waals surface area (Å²) >= 11 is 0. The van der Waals surface area contributed by atoms with Crippen LogP contribution in [0.2, 0.25) is 0 Å². The lowest BCUT2D eigenvalue weighted by molar-refractivity contribution is 0.156. The van der Waals surface area contributed by atoms with E-state index in [4.69, 9.17) is 10.1 Å². The van der Waals surface area contributed by atoms with Crippen LogP contribution in [0.4, 0.5) is 0 Å². The van der Waals surface area contributed by atoms with E-state index in [-0.39, 0.29) is 6.10 Å². The van der Waals surface area contributed by atoms with Crippen LogP contribution in [0.25, 0.3) is 10.9 Å². The molecule has 1 aliphatic rings. The molecule has 0 atom stereocenters. The molecule has 0 radical (unpaired) electrons. The first-order valence-corrected chi connectivity index (χ1v) is 7.22. The molecule has 0 unspecified atom stereocenters. The van der Waals surface area contributed by atoms with Gasteiger partial charge in [0.05, 0.1) is 28.1 Å². The SMILES string of the molecule is Cc1cc(=N)c2c(OC3CCCCC3)cccc2n1O. The summed E-state index contributed by atoms with van der Waals surface area (Å²) in [5, 5.41) is 19.3. The Morgan fingerprint density at radius 1 is 1.25 bits per heavy atom. The Balaban J connectivity index is 2.07. The second kappa shape index (κ2) is 5.19. The highest BCUT2D eigenvalue weighted by Crippen LogP contribution is 2.28. The summed E-state index contributed by atoms with van der Waals surface area (Å²) in [5.74, 6) is 0.710. The van der Waals surface area contributed by atoms with Crippen molar-refractivity contribution < 1.29 is 9.94 Å². The van der Waals surface area contributed by atoms with Crippen molar-refractivity contribution in [3.8, 4) is 5.75 Å². The predicted molar refractivity (Wildman–Crippen MR) is 77.2 cm³/mol. The van der Waals surface area contributed by atoms with Gasteiger partial charge in [-0.1, -0.05) is 12.5 Å². The Hall–Kier alpha value is -1.97. The third kappa shape index (κ3) is 2.26.